The minimum Gasteiger partial charge on any atom is -0.488 e. The third kappa shape index (κ3) is 7.99. The highest BCUT2D eigenvalue weighted by Crippen LogP contribution is 2.33. The smallest absolute Gasteiger partial charge is 0.179 e. The molecular weight excluding hydrogens is 703 g/mol. The van der Waals surface area contributed by atoms with Gasteiger partial charge in [0.2, 0.25) is 0 Å². The van der Waals surface area contributed by atoms with E-state index in [0.717, 1.165) is 32.5 Å². The first kappa shape index (κ1) is 32.6. The number of nitrogens with zero attached hydrogens (tertiary/aromatic N) is 4. The molecule has 0 aliphatic rings. The highest BCUT2D eigenvalue weighted by Gasteiger charge is 2.19. The number of pyridine rings is 1. The molecule has 47 heavy (non-hydrogen) atoms. The summed E-state index contributed by atoms with van der Waals surface area (Å²) in [6, 6.07) is 22.2. The van der Waals surface area contributed by atoms with Gasteiger partial charge in [0, 0.05) is 23.0 Å². The van der Waals surface area contributed by atoms with Crippen LogP contribution in [0.2, 0.25) is 0 Å². The maximum atomic E-state index is 13.5. The van der Waals surface area contributed by atoms with Crippen LogP contribution in [0.15, 0.2) is 106 Å². The number of ether oxygens (including phenoxy) is 1. The molecule has 1 unspecified atom stereocenters. The van der Waals surface area contributed by atoms with Crippen LogP contribution in [0.5, 0.6) is 5.75 Å². The van der Waals surface area contributed by atoms with Crippen LogP contribution in [0.25, 0.3) is 22.3 Å². The second kappa shape index (κ2) is 14.6. The third-order valence-electron chi connectivity index (χ3n) is 7.35. The van der Waals surface area contributed by atoms with Crippen molar-refractivity contribution in [1.82, 2.24) is 25.3 Å². The summed E-state index contributed by atoms with van der Waals surface area (Å²) in [5.74, 6) is 0.912. The number of hydrogen-bond donors (Lipinski definition) is 2. The second-order valence-corrected chi connectivity index (χ2v) is 14.5. The molecule has 6 rings (SSSR count). The lowest BCUT2D eigenvalue weighted by molar-refractivity contribution is 0.303. The molecule has 0 bridgehead atoms. The Morgan fingerprint density at radius 3 is 2.62 bits per heavy atom. The Labute approximate surface area is 284 Å². The number of nitrogens with one attached hydrogen (secondary N) is 2. The zero-order valence-electron chi connectivity index (χ0n) is 25.2. The normalized spacial score (nSPS) is 12.2. The molecule has 0 saturated carbocycles. The molecule has 13 heteroatoms. The van der Waals surface area contributed by atoms with Crippen LogP contribution in [-0.4, -0.2) is 40.7 Å². The minimum atomic E-state index is -3.38. The van der Waals surface area contributed by atoms with Gasteiger partial charge >= 0.3 is 0 Å². The summed E-state index contributed by atoms with van der Waals surface area (Å²) in [4.78, 5) is 18.7. The zero-order chi connectivity index (χ0) is 32.8. The Hall–Kier alpha value is -4.30. The van der Waals surface area contributed by atoms with E-state index in [-0.39, 0.29) is 24.2 Å². The predicted octanol–water partition coefficient (Wildman–Crippen LogP) is 7.89. The van der Waals surface area contributed by atoms with Crippen molar-refractivity contribution in [2.24, 2.45) is 0 Å². The number of aromatic nitrogens is 4. The standard InChI is InChI=1S/C34H30BrFN6O3S2/c1-2-28(37-13-14-47(43,44)25-9-4-3-5-10-25)34-42-31(20-46-34)29-17-26-30(18-38-29)39-21-40-33(26)41-24-11-12-32(27(35)16-24)45-19-22-7-6-8-23(36)15-22/h3-12,15-18,20-21,28,37H,2,13-14,19H2,1H3,(H,39,40,41). The third-order valence-corrected chi connectivity index (χ3v) is 10.7. The number of sulfone groups is 1. The monoisotopic (exact) mass is 732 g/mol. The summed E-state index contributed by atoms with van der Waals surface area (Å²) < 4.78 is 45.5. The number of hydrogen-bond acceptors (Lipinski definition) is 10. The van der Waals surface area contributed by atoms with E-state index in [2.05, 4.69) is 41.5 Å². The summed E-state index contributed by atoms with van der Waals surface area (Å²) in [7, 11) is -3.38. The molecule has 0 radical (unpaired) electrons. The average Bonchev–Trinajstić information content (AvgIpc) is 3.57. The van der Waals surface area contributed by atoms with E-state index in [4.69, 9.17) is 9.72 Å². The Morgan fingerprint density at radius 2 is 1.83 bits per heavy atom. The Morgan fingerprint density at radius 1 is 0.979 bits per heavy atom. The van der Waals surface area contributed by atoms with Crippen molar-refractivity contribution in [2.75, 3.05) is 17.6 Å². The van der Waals surface area contributed by atoms with E-state index in [0.29, 0.717) is 39.9 Å². The molecule has 0 spiro atoms. The minimum absolute atomic E-state index is 0.00497. The van der Waals surface area contributed by atoms with Crippen LogP contribution in [-0.2, 0) is 16.4 Å². The van der Waals surface area contributed by atoms with E-state index in [9.17, 15) is 12.8 Å². The van der Waals surface area contributed by atoms with Gasteiger partial charge in [-0.05, 0) is 76.4 Å². The molecular formula is C34H30BrFN6O3S2. The summed E-state index contributed by atoms with van der Waals surface area (Å²) in [5, 5.41) is 10.3. The number of benzene rings is 3. The molecule has 0 aliphatic heterocycles. The molecule has 3 aromatic carbocycles. The van der Waals surface area contributed by atoms with Gasteiger partial charge in [-0.2, -0.15) is 0 Å². The van der Waals surface area contributed by atoms with Gasteiger partial charge in [-0.15, -0.1) is 11.3 Å². The molecule has 240 valence electrons. The summed E-state index contributed by atoms with van der Waals surface area (Å²) in [6.45, 7) is 2.58. The maximum Gasteiger partial charge on any atom is 0.179 e. The number of rotatable bonds is 13. The van der Waals surface area contributed by atoms with Crippen LogP contribution >= 0.6 is 27.3 Å². The van der Waals surface area contributed by atoms with Crippen LogP contribution in [0.4, 0.5) is 15.9 Å². The van der Waals surface area contributed by atoms with Crippen molar-refractivity contribution in [3.8, 4) is 17.1 Å². The van der Waals surface area contributed by atoms with Crippen molar-refractivity contribution < 1.29 is 17.5 Å². The van der Waals surface area contributed by atoms with Gasteiger partial charge in [0.1, 0.15) is 35.3 Å². The van der Waals surface area contributed by atoms with E-state index in [1.54, 1.807) is 42.6 Å². The van der Waals surface area contributed by atoms with E-state index >= 15 is 0 Å². The number of halogens is 2. The van der Waals surface area contributed by atoms with E-state index in [1.165, 1.54) is 29.8 Å². The number of fused-ring (bicyclic) bond motifs is 1. The van der Waals surface area contributed by atoms with Crippen molar-refractivity contribution in [3.05, 3.63) is 118 Å². The second-order valence-electron chi connectivity index (χ2n) is 10.6. The fourth-order valence-electron chi connectivity index (χ4n) is 4.90. The van der Waals surface area contributed by atoms with Gasteiger partial charge in [0.05, 0.1) is 44.3 Å². The fourth-order valence-corrected chi connectivity index (χ4v) is 7.56. The van der Waals surface area contributed by atoms with Gasteiger partial charge in [0.25, 0.3) is 0 Å². The molecule has 0 fully saturated rings. The van der Waals surface area contributed by atoms with E-state index < -0.39 is 9.84 Å². The molecule has 0 amide bonds. The summed E-state index contributed by atoms with van der Waals surface area (Å²) >= 11 is 5.08. The molecule has 3 heterocycles. The lowest BCUT2D eigenvalue weighted by Crippen LogP contribution is -2.27. The van der Waals surface area contributed by atoms with Gasteiger partial charge < -0.3 is 15.4 Å². The van der Waals surface area contributed by atoms with Crippen LogP contribution in [0.1, 0.15) is 30.0 Å². The van der Waals surface area contributed by atoms with Crippen molar-refractivity contribution in [1.29, 1.82) is 0 Å². The van der Waals surface area contributed by atoms with Crippen LogP contribution < -0.4 is 15.4 Å². The number of anilines is 2. The first-order chi connectivity index (χ1) is 22.8. The average molecular weight is 734 g/mol. The van der Waals surface area contributed by atoms with Crippen molar-refractivity contribution in [2.45, 2.75) is 30.9 Å². The zero-order valence-corrected chi connectivity index (χ0v) is 28.4. The topological polar surface area (TPSA) is 119 Å². The predicted molar refractivity (Wildman–Crippen MR) is 186 cm³/mol. The molecule has 0 aliphatic carbocycles. The number of thiazole rings is 1. The Bertz CT molecular complexity index is 2110. The largest absolute Gasteiger partial charge is 0.488 e. The highest BCUT2D eigenvalue weighted by atomic mass is 79.9. The molecule has 2 N–H and O–H groups in total. The first-order valence-electron chi connectivity index (χ1n) is 14.8. The lowest BCUT2D eigenvalue weighted by atomic mass is 10.2. The molecule has 6 aromatic rings. The van der Waals surface area contributed by atoms with Gasteiger partial charge in [0.15, 0.2) is 9.84 Å². The Balaban J connectivity index is 1.14. The van der Waals surface area contributed by atoms with Crippen molar-refractivity contribution >= 4 is 59.5 Å². The molecule has 9 nitrogen and oxygen atoms in total. The van der Waals surface area contributed by atoms with E-state index in [1.807, 2.05) is 42.6 Å². The van der Waals surface area contributed by atoms with Crippen LogP contribution in [0.3, 0.4) is 0 Å². The van der Waals surface area contributed by atoms with Gasteiger partial charge in [-0.3, -0.25) is 4.98 Å². The maximum absolute atomic E-state index is 13.5. The molecule has 0 saturated heterocycles. The Kier molecular flexibility index (Phi) is 10.2. The van der Waals surface area contributed by atoms with Crippen molar-refractivity contribution in [3.63, 3.8) is 0 Å². The summed E-state index contributed by atoms with van der Waals surface area (Å²) in [5.41, 5.74) is 3.56. The fraction of sp³-hybridized carbons (Fsp3) is 0.176. The highest BCUT2D eigenvalue weighted by molar-refractivity contribution is 9.10. The lowest BCUT2D eigenvalue weighted by Gasteiger charge is -2.14. The van der Waals surface area contributed by atoms with Gasteiger partial charge in [-0.1, -0.05) is 37.3 Å². The van der Waals surface area contributed by atoms with Gasteiger partial charge in [-0.25, -0.2) is 27.8 Å². The quantitative estimate of drug-likeness (QED) is 0.122. The van der Waals surface area contributed by atoms with Crippen LogP contribution in [0, 0.1) is 5.82 Å². The summed E-state index contributed by atoms with van der Waals surface area (Å²) in [6.07, 6.45) is 3.92. The molecule has 3 aromatic heterocycles. The first-order valence-corrected chi connectivity index (χ1v) is 18.1. The molecule has 1 atom stereocenters. The SMILES string of the molecule is CCC(NCCS(=O)(=O)c1ccccc1)c1nc(-c2cc3c(Nc4ccc(OCc5cccc(F)c5)c(Br)c4)ncnc3cn2)cs1.